The molecule has 9 heteroatoms. The number of thiazole rings is 1. The average Bonchev–Trinajstić information content (AvgIpc) is 3.18. The quantitative estimate of drug-likeness (QED) is 0.849. The van der Waals surface area contributed by atoms with Crippen molar-refractivity contribution < 1.29 is 14.4 Å². The third kappa shape index (κ3) is 3.49. The molecular weight excluding hydrogens is 384 g/mol. The fourth-order valence-electron chi connectivity index (χ4n) is 3.49. The van der Waals surface area contributed by atoms with E-state index in [1.54, 1.807) is 18.4 Å². The maximum atomic E-state index is 12.6. The number of thiophene rings is 1. The molecule has 27 heavy (non-hydrogen) atoms. The van der Waals surface area contributed by atoms with Gasteiger partial charge in [-0.05, 0) is 25.3 Å². The molecule has 0 saturated carbocycles. The summed E-state index contributed by atoms with van der Waals surface area (Å²) in [7, 11) is 1.64. The maximum absolute atomic E-state index is 12.6. The van der Waals surface area contributed by atoms with Gasteiger partial charge in [0.1, 0.15) is 5.00 Å². The monoisotopic (exact) mass is 404 g/mol. The minimum Gasteiger partial charge on any atom is -0.337 e. The van der Waals surface area contributed by atoms with Crippen molar-refractivity contribution in [3.63, 3.8) is 0 Å². The summed E-state index contributed by atoms with van der Waals surface area (Å²) >= 11 is 3.01. The predicted molar refractivity (Wildman–Crippen MR) is 104 cm³/mol. The van der Waals surface area contributed by atoms with Crippen molar-refractivity contribution in [3.8, 4) is 0 Å². The molecule has 0 saturated heterocycles. The first-order valence-electron chi connectivity index (χ1n) is 8.81. The highest BCUT2D eigenvalue weighted by atomic mass is 32.1. The summed E-state index contributed by atoms with van der Waals surface area (Å²) in [6.45, 7) is 3.11. The molecule has 142 valence electrons. The van der Waals surface area contributed by atoms with Crippen LogP contribution in [0.3, 0.4) is 0 Å². The topological polar surface area (TPSA) is 82.6 Å². The second-order valence-corrected chi connectivity index (χ2v) is 9.01. The predicted octanol–water partition coefficient (Wildman–Crippen LogP) is 2.05. The molecule has 0 fully saturated rings. The number of anilines is 1. The van der Waals surface area contributed by atoms with Gasteiger partial charge in [0, 0.05) is 30.3 Å². The van der Waals surface area contributed by atoms with Crippen LogP contribution in [0.25, 0.3) is 0 Å². The number of aromatic nitrogens is 1. The van der Waals surface area contributed by atoms with Crippen LogP contribution in [0.5, 0.6) is 0 Å². The highest BCUT2D eigenvalue weighted by Crippen LogP contribution is 2.38. The fourth-order valence-corrected chi connectivity index (χ4v) is 5.41. The van der Waals surface area contributed by atoms with Crippen LogP contribution in [-0.4, -0.2) is 52.6 Å². The van der Waals surface area contributed by atoms with Gasteiger partial charge in [-0.3, -0.25) is 14.4 Å². The van der Waals surface area contributed by atoms with Crippen molar-refractivity contribution in [1.29, 1.82) is 0 Å². The number of rotatable bonds is 3. The number of likely N-dealkylation sites (N-methyl/N-ethyl adjacent to an activating group) is 1. The van der Waals surface area contributed by atoms with Gasteiger partial charge in [0.2, 0.25) is 11.8 Å². The Balaban J connectivity index is 1.49. The van der Waals surface area contributed by atoms with Gasteiger partial charge < -0.3 is 15.1 Å². The van der Waals surface area contributed by atoms with Crippen LogP contribution >= 0.6 is 22.7 Å². The number of hydrogen-bond acceptors (Lipinski definition) is 6. The van der Waals surface area contributed by atoms with Crippen molar-refractivity contribution in [2.24, 2.45) is 0 Å². The highest BCUT2D eigenvalue weighted by molar-refractivity contribution is 7.17. The molecule has 2 aromatic heterocycles. The Morgan fingerprint density at radius 2 is 2.15 bits per heavy atom. The normalized spacial score (nSPS) is 16.7. The number of fused-ring (bicyclic) bond motifs is 3. The Hall–Kier alpha value is -2.26. The third-order valence-electron chi connectivity index (χ3n) is 4.87. The van der Waals surface area contributed by atoms with Crippen LogP contribution in [-0.2, 0) is 29.0 Å². The lowest BCUT2D eigenvalue weighted by Gasteiger charge is -2.27. The van der Waals surface area contributed by atoms with E-state index in [4.69, 9.17) is 0 Å². The van der Waals surface area contributed by atoms with Gasteiger partial charge in [0.05, 0.1) is 29.4 Å². The molecule has 1 N–H and O–H groups in total. The Morgan fingerprint density at radius 3 is 2.89 bits per heavy atom. The van der Waals surface area contributed by atoms with Crippen LogP contribution < -0.4 is 5.32 Å². The molecule has 0 unspecified atom stereocenters. The molecule has 0 aliphatic carbocycles. The Morgan fingerprint density at radius 1 is 1.33 bits per heavy atom. The number of aryl methyl sites for hydroxylation is 2. The van der Waals surface area contributed by atoms with E-state index in [1.165, 1.54) is 16.2 Å². The van der Waals surface area contributed by atoms with E-state index in [0.717, 1.165) is 21.1 Å². The van der Waals surface area contributed by atoms with Crippen LogP contribution in [0.4, 0.5) is 5.00 Å². The van der Waals surface area contributed by atoms with Crippen molar-refractivity contribution in [2.45, 2.75) is 32.7 Å². The van der Waals surface area contributed by atoms with Gasteiger partial charge in [0.25, 0.3) is 5.91 Å². The summed E-state index contributed by atoms with van der Waals surface area (Å²) in [6.07, 6.45) is 1.72. The zero-order valence-electron chi connectivity index (χ0n) is 15.2. The molecule has 2 aliphatic rings. The molecule has 4 rings (SSSR count). The van der Waals surface area contributed by atoms with Gasteiger partial charge in [-0.25, -0.2) is 4.98 Å². The van der Waals surface area contributed by atoms with Gasteiger partial charge in [-0.1, -0.05) is 0 Å². The number of hydrogen-bond donors (Lipinski definition) is 1. The van der Waals surface area contributed by atoms with Gasteiger partial charge in [0.15, 0.2) is 0 Å². The number of carbonyl (C=O) groups excluding carboxylic acids is 3. The summed E-state index contributed by atoms with van der Waals surface area (Å²) in [5.74, 6) is -0.211. The molecule has 3 amide bonds. The molecule has 0 aromatic carbocycles. The highest BCUT2D eigenvalue weighted by Gasteiger charge is 2.33. The van der Waals surface area contributed by atoms with E-state index in [2.05, 4.69) is 10.3 Å². The maximum Gasteiger partial charge on any atom is 0.257 e. The summed E-state index contributed by atoms with van der Waals surface area (Å²) in [6, 6.07) is 0. The van der Waals surface area contributed by atoms with Crippen molar-refractivity contribution in [1.82, 2.24) is 14.8 Å². The lowest BCUT2D eigenvalue weighted by molar-refractivity contribution is -0.132. The Bertz CT molecular complexity index is 933. The minimum absolute atomic E-state index is 0.0652. The summed E-state index contributed by atoms with van der Waals surface area (Å²) in [4.78, 5) is 45.9. The molecule has 0 spiro atoms. The smallest absolute Gasteiger partial charge is 0.257 e. The molecule has 2 aromatic rings. The standard InChI is InChI=1S/C18H20N4O3S2/c1-10-19-11(9-26-10)3-4-15(24)22-6-5-12-13(7-22)27-17-16(12)18(25)21(2)8-14(23)20-17/h9H,3-8H2,1-2H3,(H,20,23). The van der Waals surface area contributed by atoms with E-state index in [0.29, 0.717) is 42.9 Å². The fraction of sp³-hybridized carbons (Fsp3) is 0.444. The summed E-state index contributed by atoms with van der Waals surface area (Å²) in [5.41, 5.74) is 2.55. The minimum atomic E-state index is -0.185. The number of nitrogens with zero attached hydrogens (tertiary/aromatic N) is 3. The largest absolute Gasteiger partial charge is 0.337 e. The summed E-state index contributed by atoms with van der Waals surface area (Å²) < 4.78 is 0. The van der Waals surface area contributed by atoms with E-state index < -0.39 is 0 Å². The van der Waals surface area contributed by atoms with Gasteiger partial charge in [-0.2, -0.15) is 0 Å². The molecule has 7 nitrogen and oxygen atoms in total. The Labute approximate surface area is 165 Å². The number of amides is 3. The van der Waals surface area contributed by atoms with E-state index in [1.807, 2.05) is 17.2 Å². The SMILES string of the molecule is Cc1nc(CCC(=O)N2CCc3c(sc4c3C(=O)N(C)CC(=O)N4)C2)cs1. The van der Waals surface area contributed by atoms with Gasteiger partial charge >= 0.3 is 0 Å². The van der Waals surface area contributed by atoms with Crippen molar-refractivity contribution in [3.05, 3.63) is 32.1 Å². The first-order valence-corrected chi connectivity index (χ1v) is 10.5. The number of nitrogens with one attached hydrogen (secondary N) is 1. The molecule has 0 atom stereocenters. The summed E-state index contributed by atoms with van der Waals surface area (Å²) in [5, 5.41) is 6.47. The Kier molecular flexibility index (Phi) is 4.73. The first-order chi connectivity index (χ1) is 12.9. The molecular formula is C18H20N4O3S2. The third-order valence-corrected chi connectivity index (χ3v) is 6.82. The van der Waals surface area contributed by atoms with Crippen molar-refractivity contribution >= 4 is 45.4 Å². The average molecular weight is 405 g/mol. The molecule has 2 aliphatic heterocycles. The lowest BCUT2D eigenvalue weighted by Crippen LogP contribution is -2.36. The van der Waals surface area contributed by atoms with E-state index in [9.17, 15) is 14.4 Å². The van der Waals surface area contributed by atoms with Crippen LogP contribution in [0, 0.1) is 6.92 Å². The second-order valence-electron chi connectivity index (χ2n) is 6.84. The van der Waals surface area contributed by atoms with Gasteiger partial charge in [-0.15, -0.1) is 22.7 Å². The van der Waals surface area contributed by atoms with Crippen LogP contribution in [0.2, 0.25) is 0 Å². The zero-order chi connectivity index (χ0) is 19.1. The molecule has 4 heterocycles. The molecule has 0 bridgehead atoms. The second kappa shape index (κ2) is 7.05. The van der Waals surface area contributed by atoms with E-state index in [-0.39, 0.29) is 24.3 Å². The van der Waals surface area contributed by atoms with Crippen LogP contribution in [0.1, 0.15) is 37.9 Å². The van der Waals surface area contributed by atoms with E-state index >= 15 is 0 Å². The molecule has 0 radical (unpaired) electrons. The van der Waals surface area contributed by atoms with Crippen LogP contribution in [0.15, 0.2) is 5.38 Å². The first kappa shape index (κ1) is 18.1. The zero-order valence-corrected chi connectivity index (χ0v) is 16.8. The lowest BCUT2D eigenvalue weighted by atomic mass is 10.0. The van der Waals surface area contributed by atoms with Crippen molar-refractivity contribution in [2.75, 3.05) is 25.5 Å². The number of carbonyl (C=O) groups is 3.